The Morgan fingerprint density at radius 3 is 2.76 bits per heavy atom. The number of anilines is 1. The lowest BCUT2D eigenvalue weighted by molar-refractivity contribution is -0.115. The zero-order valence-corrected chi connectivity index (χ0v) is 17.1. The number of carbonyl (C=O) groups is 2. The van der Waals surface area contributed by atoms with E-state index in [2.05, 4.69) is 10.3 Å². The summed E-state index contributed by atoms with van der Waals surface area (Å²) in [4.78, 5) is 31.5. The molecule has 3 heterocycles. The molecule has 0 radical (unpaired) electrons. The third-order valence-electron chi connectivity index (χ3n) is 4.88. The van der Waals surface area contributed by atoms with Gasteiger partial charge in [0, 0.05) is 29.7 Å². The summed E-state index contributed by atoms with van der Waals surface area (Å²) in [5, 5.41) is 5.50. The van der Waals surface area contributed by atoms with Crippen molar-refractivity contribution >= 4 is 28.8 Å². The van der Waals surface area contributed by atoms with Crippen LogP contribution in [0.3, 0.4) is 0 Å². The third kappa shape index (κ3) is 4.74. The van der Waals surface area contributed by atoms with Gasteiger partial charge in [-0.15, -0.1) is 11.3 Å². The minimum absolute atomic E-state index is 0.0266. The lowest BCUT2D eigenvalue weighted by atomic mass is 10.1. The standard InChI is InChI=1S/C22H23N3O3S/c1-15-8-9-19(28-15)21-24-18(14-29-21)13-20(26)23-17-7-5-6-16(12-17)22(27)25-10-3-2-4-11-25/h5-9,12,14H,2-4,10-11,13H2,1H3,(H,23,26). The molecule has 1 N–H and O–H groups in total. The van der Waals surface area contributed by atoms with Crippen molar-refractivity contribution in [3.63, 3.8) is 0 Å². The smallest absolute Gasteiger partial charge is 0.253 e. The molecule has 1 aliphatic rings. The van der Waals surface area contributed by atoms with Gasteiger partial charge in [-0.3, -0.25) is 9.59 Å². The molecule has 0 unspecified atom stereocenters. The fourth-order valence-corrected chi connectivity index (χ4v) is 4.21. The molecule has 0 atom stereocenters. The molecule has 6 nitrogen and oxygen atoms in total. The number of carbonyl (C=O) groups excluding carboxylic acids is 2. The van der Waals surface area contributed by atoms with Gasteiger partial charge in [-0.25, -0.2) is 4.98 Å². The summed E-state index contributed by atoms with van der Waals surface area (Å²) in [6.07, 6.45) is 3.45. The highest BCUT2D eigenvalue weighted by Gasteiger charge is 2.18. The van der Waals surface area contributed by atoms with Gasteiger partial charge >= 0.3 is 0 Å². The number of nitrogens with one attached hydrogen (secondary N) is 1. The van der Waals surface area contributed by atoms with E-state index in [1.54, 1.807) is 24.3 Å². The van der Waals surface area contributed by atoms with E-state index < -0.39 is 0 Å². The van der Waals surface area contributed by atoms with E-state index in [1.807, 2.05) is 29.3 Å². The first kappa shape index (κ1) is 19.4. The first-order valence-electron chi connectivity index (χ1n) is 9.79. The molecular formula is C22H23N3O3S. The fourth-order valence-electron chi connectivity index (χ4n) is 3.43. The Labute approximate surface area is 173 Å². The van der Waals surface area contributed by atoms with Crippen molar-refractivity contribution < 1.29 is 14.0 Å². The van der Waals surface area contributed by atoms with Gasteiger partial charge in [0.1, 0.15) is 5.76 Å². The van der Waals surface area contributed by atoms with Crippen molar-refractivity contribution in [3.05, 3.63) is 58.8 Å². The Morgan fingerprint density at radius 2 is 2.00 bits per heavy atom. The molecule has 29 heavy (non-hydrogen) atoms. The maximum atomic E-state index is 12.7. The second-order valence-electron chi connectivity index (χ2n) is 7.21. The van der Waals surface area contributed by atoms with Crippen LogP contribution >= 0.6 is 11.3 Å². The van der Waals surface area contributed by atoms with Crippen LogP contribution in [0.25, 0.3) is 10.8 Å². The van der Waals surface area contributed by atoms with Gasteiger partial charge in [0.15, 0.2) is 10.8 Å². The maximum absolute atomic E-state index is 12.7. The molecule has 7 heteroatoms. The topological polar surface area (TPSA) is 75.4 Å². The Hall–Kier alpha value is -2.93. The fraction of sp³-hybridized carbons (Fsp3) is 0.318. The van der Waals surface area contributed by atoms with Crippen molar-refractivity contribution in [2.45, 2.75) is 32.6 Å². The summed E-state index contributed by atoms with van der Waals surface area (Å²) in [7, 11) is 0. The summed E-state index contributed by atoms with van der Waals surface area (Å²) in [6, 6.07) is 10.9. The van der Waals surface area contributed by atoms with Crippen LogP contribution in [0.2, 0.25) is 0 Å². The van der Waals surface area contributed by atoms with Crippen molar-refractivity contribution in [1.29, 1.82) is 0 Å². The summed E-state index contributed by atoms with van der Waals surface area (Å²) in [5.41, 5.74) is 1.92. The number of amides is 2. The molecular weight excluding hydrogens is 386 g/mol. The molecule has 1 saturated heterocycles. The van der Waals surface area contributed by atoms with E-state index in [9.17, 15) is 9.59 Å². The molecule has 1 aromatic carbocycles. The van der Waals surface area contributed by atoms with Crippen molar-refractivity contribution in [2.75, 3.05) is 18.4 Å². The van der Waals surface area contributed by atoms with Crippen LogP contribution in [0.5, 0.6) is 0 Å². The maximum Gasteiger partial charge on any atom is 0.253 e. The van der Waals surface area contributed by atoms with Crippen LogP contribution in [-0.2, 0) is 11.2 Å². The highest BCUT2D eigenvalue weighted by Crippen LogP contribution is 2.26. The van der Waals surface area contributed by atoms with Crippen LogP contribution in [0.4, 0.5) is 5.69 Å². The number of aromatic nitrogens is 1. The average Bonchev–Trinajstić information content (AvgIpc) is 3.37. The van der Waals surface area contributed by atoms with Crippen molar-refractivity contribution in [1.82, 2.24) is 9.88 Å². The second-order valence-corrected chi connectivity index (χ2v) is 8.07. The average molecular weight is 410 g/mol. The number of thiazole rings is 1. The lowest BCUT2D eigenvalue weighted by Crippen LogP contribution is -2.35. The number of piperidine rings is 1. The molecule has 0 aliphatic carbocycles. The van der Waals surface area contributed by atoms with E-state index in [0.29, 0.717) is 22.7 Å². The Morgan fingerprint density at radius 1 is 1.17 bits per heavy atom. The molecule has 4 rings (SSSR count). The minimum Gasteiger partial charge on any atom is -0.459 e. The molecule has 0 bridgehead atoms. The number of hydrogen-bond donors (Lipinski definition) is 1. The number of likely N-dealkylation sites (tertiary alicyclic amines) is 1. The number of nitrogens with zero attached hydrogens (tertiary/aromatic N) is 2. The summed E-state index contributed by atoms with van der Waals surface area (Å²) in [5.74, 6) is 1.40. The molecule has 2 aromatic heterocycles. The monoisotopic (exact) mass is 409 g/mol. The van der Waals surface area contributed by atoms with Gasteiger partial charge in [-0.1, -0.05) is 6.07 Å². The van der Waals surface area contributed by atoms with Crippen molar-refractivity contribution in [3.8, 4) is 10.8 Å². The van der Waals surface area contributed by atoms with Crippen LogP contribution in [0.1, 0.15) is 41.1 Å². The molecule has 1 fully saturated rings. The first-order chi connectivity index (χ1) is 14.1. The Kier molecular flexibility index (Phi) is 5.76. The van der Waals surface area contributed by atoms with Crippen molar-refractivity contribution in [2.24, 2.45) is 0 Å². The third-order valence-corrected chi connectivity index (χ3v) is 5.79. The second kappa shape index (κ2) is 8.61. The Balaban J connectivity index is 1.38. The largest absolute Gasteiger partial charge is 0.459 e. The highest BCUT2D eigenvalue weighted by molar-refractivity contribution is 7.13. The molecule has 0 saturated carbocycles. The lowest BCUT2D eigenvalue weighted by Gasteiger charge is -2.26. The zero-order valence-electron chi connectivity index (χ0n) is 16.3. The van der Waals surface area contributed by atoms with Crippen LogP contribution in [0, 0.1) is 6.92 Å². The normalized spacial score (nSPS) is 14.0. The number of furan rings is 1. The van der Waals surface area contributed by atoms with Gasteiger partial charge in [0.2, 0.25) is 5.91 Å². The molecule has 1 aliphatic heterocycles. The summed E-state index contributed by atoms with van der Waals surface area (Å²) in [6.45, 7) is 3.49. The number of hydrogen-bond acceptors (Lipinski definition) is 5. The highest BCUT2D eigenvalue weighted by atomic mass is 32.1. The number of aryl methyl sites for hydroxylation is 1. The zero-order chi connectivity index (χ0) is 20.2. The molecule has 150 valence electrons. The Bertz CT molecular complexity index is 1020. The quantitative estimate of drug-likeness (QED) is 0.672. The molecule has 0 spiro atoms. The van der Waals surface area contributed by atoms with E-state index in [0.717, 1.165) is 36.7 Å². The van der Waals surface area contributed by atoms with Gasteiger partial charge in [0.25, 0.3) is 5.91 Å². The predicted octanol–water partition coefficient (Wildman–Crippen LogP) is 4.52. The SMILES string of the molecule is Cc1ccc(-c2nc(CC(=O)Nc3cccc(C(=O)N4CCCCC4)c3)cs2)o1. The van der Waals surface area contributed by atoms with Gasteiger partial charge in [0.05, 0.1) is 12.1 Å². The predicted molar refractivity (Wildman–Crippen MR) is 113 cm³/mol. The van der Waals surface area contributed by atoms with E-state index >= 15 is 0 Å². The molecule has 3 aromatic rings. The summed E-state index contributed by atoms with van der Waals surface area (Å²) < 4.78 is 5.58. The van der Waals surface area contributed by atoms with E-state index in [4.69, 9.17) is 4.42 Å². The summed E-state index contributed by atoms with van der Waals surface area (Å²) >= 11 is 1.45. The van der Waals surface area contributed by atoms with E-state index in [-0.39, 0.29) is 18.2 Å². The molecule has 2 amide bonds. The van der Waals surface area contributed by atoms with Crippen LogP contribution in [0.15, 0.2) is 46.2 Å². The van der Waals surface area contributed by atoms with Gasteiger partial charge in [-0.05, 0) is 56.5 Å². The van der Waals surface area contributed by atoms with Gasteiger partial charge < -0.3 is 14.6 Å². The minimum atomic E-state index is -0.167. The van der Waals surface area contributed by atoms with E-state index in [1.165, 1.54) is 17.8 Å². The van der Waals surface area contributed by atoms with Gasteiger partial charge in [-0.2, -0.15) is 0 Å². The first-order valence-corrected chi connectivity index (χ1v) is 10.7. The number of benzene rings is 1. The number of rotatable bonds is 5. The van der Waals surface area contributed by atoms with Crippen LogP contribution < -0.4 is 5.32 Å². The van der Waals surface area contributed by atoms with Crippen LogP contribution in [-0.4, -0.2) is 34.8 Å².